The fraction of sp³-hybridized carbons (Fsp3) is 0.333. The summed E-state index contributed by atoms with van der Waals surface area (Å²) in [6, 6.07) is 11.2. The highest BCUT2D eigenvalue weighted by Gasteiger charge is 2.19. The Morgan fingerprint density at radius 3 is 2.70 bits per heavy atom. The number of para-hydroxylation sites is 1. The van der Waals surface area contributed by atoms with Gasteiger partial charge < -0.3 is 4.90 Å². The van der Waals surface area contributed by atoms with Crippen LogP contribution in [0.2, 0.25) is 0 Å². The fourth-order valence-electron chi connectivity index (χ4n) is 2.02. The van der Waals surface area contributed by atoms with Crippen molar-refractivity contribution in [2.45, 2.75) is 13.0 Å². The van der Waals surface area contributed by atoms with Crippen molar-refractivity contribution in [1.29, 1.82) is 0 Å². The third-order valence-electron chi connectivity index (χ3n) is 3.27. The van der Waals surface area contributed by atoms with E-state index in [0.29, 0.717) is 11.4 Å². The number of rotatable bonds is 4. The van der Waals surface area contributed by atoms with Gasteiger partial charge in [0.25, 0.3) is 5.91 Å². The molecule has 5 heteroatoms. The van der Waals surface area contributed by atoms with Crippen LogP contribution >= 0.6 is 0 Å². The van der Waals surface area contributed by atoms with Gasteiger partial charge in [-0.15, -0.1) is 0 Å². The van der Waals surface area contributed by atoms with Crippen molar-refractivity contribution in [3.8, 4) is 0 Å². The molecule has 2 aromatic rings. The third-order valence-corrected chi connectivity index (χ3v) is 4.23. The first-order valence-corrected chi connectivity index (χ1v) is 8.14. The number of aromatic nitrogens is 1. The van der Waals surface area contributed by atoms with Gasteiger partial charge in [0.15, 0.2) is 0 Å². The molecule has 1 aromatic heterocycles. The van der Waals surface area contributed by atoms with Crippen LogP contribution in [-0.2, 0) is 10.8 Å². The minimum Gasteiger partial charge on any atom is -0.337 e. The first-order valence-electron chi connectivity index (χ1n) is 6.42. The molecule has 0 N–H and O–H groups in total. The molecule has 0 saturated carbocycles. The number of fused-ring (bicyclic) bond motifs is 1. The van der Waals surface area contributed by atoms with Crippen LogP contribution in [0.15, 0.2) is 36.4 Å². The standard InChI is InChI=1S/C15H18N2O2S/c1-11(10-20(3)19)17(2)15(18)14-9-8-12-6-4-5-7-13(12)16-14/h4-9,11H,10H2,1-3H3/t11-,20-/m0/s1. The highest BCUT2D eigenvalue weighted by molar-refractivity contribution is 7.84. The van der Waals surface area contributed by atoms with Gasteiger partial charge in [-0.2, -0.15) is 0 Å². The van der Waals surface area contributed by atoms with Crippen molar-refractivity contribution in [2.24, 2.45) is 0 Å². The van der Waals surface area contributed by atoms with Crippen LogP contribution in [0.25, 0.3) is 10.9 Å². The van der Waals surface area contributed by atoms with Crippen molar-refractivity contribution in [3.05, 3.63) is 42.1 Å². The number of benzene rings is 1. The normalized spacial score (nSPS) is 13.9. The minimum absolute atomic E-state index is 0.0818. The second-order valence-electron chi connectivity index (χ2n) is 4.89. The van der Waals surface area contributed by atoms with E-state index in [1.165, 1.54) is 0 Å². The van der Waals surface area contributed by atoms with Gasteiger partial charge in [-0.05, 0) is 19.1 Å². The minimum atomic E-state index is -0.926. The van der Waals surface area contributed by atoms with Crippen LogP contribution in [0.4, 0.5) is 0 Å². The molecule has 1 heterocycles. The van der Waals surface area contributed by atoms with E-state index in [9.17, 15) is 9.00 Å². The molecule has 0 radical (unpaired) electrons. The molecular weight excluding hydrogens is 272 g/mol. The number of carbonyl (C=O) groups excluding carboxylic acids is 1. The summed E-state index contributed by atoms with van der Waals surface area (Å²) in [6.07, 6.45) is 1.64. The van der Waals surface area contributed by atoms with Crippen molar-refractivity contribution in [3.63, 3.8) is 0 Å². The number of pyridine rings is 1. The summed E-state index contributed by atoms with van der Waals surface area (Å²) in [5.41, 5.74) is 1.22. The Balaban J connectivity index is 2.24. The monoisotopic (exact) mass is 290 g/mol. The highest BCUT2D eigenvalue weighted by Crippen LogP contribution is 2.13. The average molecular weight is 290 g/mol. The maximum absolute atomic E-state index is 12.4. The lowest BCUT2D eigenvalue weighted by molar-refractivity contribution is 0.0751. The molecule has 0 saturated heterocycles. The van der Waals surface area contributed by atoms with Gasteiger partial charge in [0.2, 0.25) is 0 Å². The number of hydrogen-bond acceptors (Lipinski definition) is 3. The van der Waals surface area contributed by atoms with Gasteiger partial charge in [0, 0.05) is 41.3 Å². The Labute approximate surface area is 121 Å². The van der Waals surface area contributed by atoms with Gasteiger partial charge in [-0.1, -0.05) is 24.3 Å². The van der Waals surface area contributed by atoms with E-state index in [-0.39, 0.29) is 11.9 Å². The van der Waals surface area contributed by atoms with Gasteiger partial charge >= 0.3 is 0 Å². The lowest BCUT2D eigenvalue weighted by atomic mass is 10.2. The van der Waals surface area contributed by atoms with Crippen molar-refractivity contribution < 1.29 is 9.00 Å². The molecule has 106 valence electrons. The molecule has 1 amide bonds. The van der Waals surface area contributed by atoms with Gasteiger partial charge in [-0.25, -0.2) is 4.98 Å². The molecule has 0 spiro atoms. The van der Waals surface area contributed by atoms with E-state index in [2.05, 4.69) is 4.98 Å². The number of amides is 1. The summed E-state index contributed by atoms with van der Waals surface area (Å²) in [5.74, 6) is 0.323. The van der Waals surface area contributed by atoms with Crippen LogP contribution in [0, 0.1) is 0 Å². The maximum atomic E-state index is 12.4. The van der Waals surface area contributed by atoms with Gasteiger partial charge in [0.1, 0.15) is 5.69 Å². The molecule has 0 fully saturated rings. The maximum Gasteiger partial charge on any atom is 0.272 e. The molecule has 1 aromatic carbocycles. The largest absolute Gasteiger partial charge is 0.337 e. The predicted octanol–water partition coefficient (Wildman–Crippen LogP) is 2.07. The highest BCUT2D eigenvalue weighted by atomic mass is 32.2. The summed E-state index contributed by atoms with van der Waals surface area (Å²) in [6.45, 7) is 1.89. The second-order valence-corrected chi connectivity index (χ2v) is 6.37. The summed E-state index contributed by atoms with van der Waals surface area (Å²) in [4.78, 5) is 18.4. The summed E-state index contributed by atoms with van der Waals surface area (Å²) in [5, 5.41) is 1.01. The Morgan fingerprint density at radius 1 is 1.30 bits per heavy atom. The van der Waals surface area contributed by atoms with E-state index in [4.69, 9.17) is 0 Å². The average Bonchev–Trinajstić information content (AvgIpc) is 2.44. The molecular formula is C15H18N2O2S. The summed E-state index contributed by atoms with van der Waals surface area (Å²) >= 11 is 0. The zero-order valence-electron chi connectivity index (χ0n) is 11.9. The molecule has 4 nitrogen and oxygen atoms in total. The first kappa shape index (κ1) is 14.7. The topological polar surface area (TPSA) is 50.3 Å². The van der Waals surface area contributed by atoms with E-state index in [0.717, 1.165) is 10.9 Å². The molecule has 2 atom stereocenters. The number of nitrogens with zero attached hydrogens (tertiary/aromatic N) is 2. The third kappa shape index (κ3) is 3.22. The second kappa shape index (κ2) is 6.13. The zero-order valence-corrected chi connectivity index (χ0v) is 12.7. The number of hydrogen-bond donors (Lipinski definition) is 0. The van der Waals surface area contributed by atoms with Crippen molar-refractivity contribution in [1.82, 2.24) is 9.88 Å². The van der Waals surface area contributed by atoms with Gasteiger partial charge in [0.05, 0.1) is 5.52 Å². The summed E-state index contributed by atoms with van der Waals surface area (Å²) in [7, 11) is 0.793. The van der Waals surface area contributed by atoms with Crippen LogP contribution in [0.5, 0.6) is 0 Å². The molecule has 0 aliphatic rings. The lowest BCUT2D eigenvalue weighted by Gasteiger charge is -2.23. The van der Waals surface area contributed by atoms with Crippen molar-refractivity contribution >= 4 is 27.6 Å². The molecule has 0 bridgehead atoms. The lowest BCUT2D eigenvalue weighted by Crippen LogP contribution is -2.38. The molecule has 0 unspecified atom stereocenters. The van der Waals surface area contributed by atoms with Crippen molar-refractivity contribution in [2.75, 3.05) is 19.1 Å². The molecule has 2 rings (SSSR count). The zero-order chi connectivity index (χ0) is 14.7. The number of carbonyl (C=O) groups is 1. The Morgan fingerprint density at radius 2 is 2.00 bits per heavy atom. The predicted molar refractivity (Wildman–Crippen MR) is 82.2 cm³/mol. The van der Waals surface area contributed by atoms with E-state index >= 15 is 0 Å². The smallest absolute Gasteiger partial charge is 0.272 e. The van der Waals surface area contributed by atoms with E-state index in [1.54, 1.807) is 24.3 Å². The van der Waals surface area contributed by atoms with Crippen LogP contribution < -0.4 is 0 Å². The van der Waals surface area contributed by atoms with E-state index < -0.39 is 10.8 Å². The Hall–Kier alpha value is -1.75. The Kier molecular flexibility index (Phi) is 4.49. The van der Waals surface area contributed by atoms with Crippen LogP contribution in [-0.4, -0.2) is 45.1 Å². The Bertz CT molecular complexity index is 657. The summed E-state index contributed by atoms with van der Waals surface area (Å²) < 4.78 is 11.3. The van der Waals surface area contributed by atoms with Gasteiger partial charge in [-0.3, -0.25) is 9.00 Å². The molecule has 20 heavy (non-hydrogen) atoms. The van der Waals surface area contributed by atoms with Crippen LogP contribution in [0.1, 0.15) is 17.4 Å². The van der Waals surface area contributed by atoms with E-state index in [1.807, 2.05) is 37.3 Å². The van der Waals surface area contributed by atoms with Crippen LogP contribution in [0.3, 0.4) is 0 Å². The molecule has 0 aliphatic carbocycles. The first-order chi connectivity index (χ1) is 9.49. The molecule has 0 aliphatic heterocycles. The quantitative estimate of drug-likeness (QED) is 0.866. The SMILES string of the molecule is C[C@@H](C[S@](C)=O)N(C)C(=O)c1ccc2ccccc2n1. The fourth-order valence-corrected chi connectivity index (χ4v) is 2.92.